The van der Waals surface area contributed by atoms with Crippen molar-refractivity contribution in [3.8, 4) is 11.5 Å². The number of rotatable bonds is 6. The van der Waals surface area contributed by atoms with Crippen LogP contribution >= 0.6 is 0 Å². The van der Waals surface area contributed by atoms with E-state index in [-0.39, 0.29) is 17.3 Å². The fourth-order valence-corrected chi connectivity index (χ4v) is 7.54. The number of fused-ring (bicyclic) bond motifs is 4. The predicted molar refractivity (Wildman–Crippen MR) is 158 cm³/mol. The molecule has 3 aliphatic heterocycles. The quantitative estimate of drug-likeness (QED) is 0.406. The lowest BCUT2D eigenvalue weighted by atomic mass is 9.77. The van der Waals surface area contributed by atoms with Crippen molar-refractivity contribution in [2.75, 3.05) is 41.0 Å². The number of hydrogen-bond acceptors (Lipinski definition) is 7. The SMILES string of the molecule is CCN1C(OC)N2Cc3cc(OC)cc(OC)c3C(C)(C)C=C2C12CCN(Cc1cccc3cccnc13)CC2. The number of ether oxygens (including phenoxy) is 3. The molecule has 6 rings (SSSR count). The fraction of sp³-hybridized carbons (Fsp3) is 0.485. The summed E-state index contributed by atoms with van der Waals surface area (Å²) < 4.78 is 17.9. The molecule has 1 atom stereocenters. The first kappa shape index (κ1) is 27.1. The lowest BCUT2D eigenvalue weighted by molar-refractivity contribution is -0.111. The van der Waals surface area contributed by atoms with Crippen LogP contribution in [-0.4, -0.2) is 72.5 Å². The van der Waals surface area contributed by atoms with Gasteiger partial charge >= 0.3 is 0 Å². The third-order valence-electron chi connectivity index (χ3n) is 9.31. The second kappa shape index (κ2) is 10.4. The number of hydrogen-bond donors (Lipinski definition) is 0. The lowest BCUT2D eigenvalue weighted by Gasteiger charge is -2.45. The predicted octanol–water partition coefficient (Wildman–Crippen LogP) is 5.53. The van der Waals surface area contributed by atoms with Crippen molar-refractivity contribution in [3.05, 3.63) is 77.1 Å². The Hall–Kier alpha value is -3.13. The van der Waals surface area contributed by atoms with Gasteiger partial charge in [-0.15, -0.1) is 0 Å². The van der Waals surface area contributed by atoms with Gasteiger partial charge in [0, 0.05) is 74.2 Å². The molecule has 1 aromatic heterocycles. The van der Waals surface area contributed by atoms with E-state index in [2.05, 4.69) is 71.9 Å². The average Bonchev–Trinajstić information content (AvgIpc) is 3.11. The maximum absolute atomic E-state index is 6.26. The Morgan fingerprint density at radius 3 is 2.48 bits per heavy atom. The normalized spacial score (nSPS) is 22.1. The molecular formula is C33H42N4O3. The summed E-state index contributed by atoms with van der Waals surface area (Å²) in [5.41, 5.74) is 5.94. The van der Waals surface area contributed by atoms with E-state index < -0.39 is 0 Å². The number of piperidine rings is 1. The molecule has 1 spiro atoms. The number of pyridine rings is 1. The van der Waals surface area contributed by atoms with E-state index in [1.54, 1.807) is 14.2 Å². The van der Waals surface area contributed by atoms with Gasteiger partial charge in [-0.25, -0.2) is 4.90 Å². The van der Waals surface area contributed by atoms with Crippen molar-refractivity contribution in [1.29, 1.82) is 0 Å². The van der Waals surface area contributed by atoms with E-state index in [0.29, 0.717) is 0 Å². The molecule has 0 aliphatic carbocycles. The summed E-state index contributed by atoms with van der Waals surface area (Å²) in [6.07, 6.45) is 6.38. The standard InChI is InChI=1S/C33H42N4O3/c1-7-37-31(40-6)36-22-25-18-26(38-4)19-27(39-5)29(25)32(2,3)20-28(36)33(37)13-16-35(17-14-33)21-24-11-8-10-23-12-9-15-34-30(23)24/h8-12,15,18-20,31H,7,13-14,16-17,21-22H2,1-6H3. The topological polar surface area (TPSA) is 50.3 Å². The molecule has 4 heterocycles. The summed E-state index contributed by atoms with van der Waals surface area (Å²) in [5.74, 6) is 1.70. The highest BCUT2D eigenvalue weighted by molar-refractivity contribution is 5.81. The Morgan fingerprint density at radius 1 is 1.00 bits per heavy atom. The number of nitrogens with zero attached hydrogens (tertiary/aromatic N) is 4. The zero-order valence-corrected chi connectivity index (χ0v) is 24.7. The minimum atomic E-state index is -0.224. The smallest absolute Gasteiger partial charge is 0.189 e. The van der Waals surface area contributed by atoms with Gasteiger partial charge in [-0.1, -0.05) is 51.1 Å². The Kier molecular flexibility index (Phi) is 7.01. The van der Waals surface area contributed by atoms with Crippen LogP contribution in [0.1, 0.15) is 50.3 Å². The number of methoxy groups -OCH3 is 3. The molecule has 2 fully saturated rings. The Morgan fingerprint density at radius 2 is 1.77 bits per heavy atom. The van der Waals surface area contributed by atoms with Gasteiger partial charge in [0.05, 0.1) is 25.3 Å². The molecule has 3 aliphatic rings. The summed E-state index contributed by atoms with van der Waals surface area (Å²) in [7, 11) is 5.32. The zero-order chi connectivity index (χ0) is 28.1. The van der Waals surface area contributed by atoms with E-state index in [0.717, 1.165) is 62.6 Å². The van der Waals surface area contributed by atoms with Gasteiger partial charge in [0.25, 0.3) is 0 Å². The van der Waals surface area contributed by atoms with Crippen LogP contribution in [0.5, 0.6) is 11.5 Å². The van der Waals surface area contributed by atoms with Crippen LogP contribution in [0.3, 0.4) is 0 Å². The van der Waals surface area contributed by atoms with Gasteiger partial charge in [-0.2, -0.15) is 0 Å². The van der Waals surface area contributed by atoms with E-state index in [4.69, 9.17) is 19.2 Å². The molecule has 7 nitrogen and oxygen atoms in total. The van der Waals surface area contributed by atoms with Crippen LogP contribution in [0.25, 0.3) is 10.9 Å². The van der Waals surface area contributed by atoms with Crippen LogP contribution < -0.4 is 9.47 Å². The van der Waals surface area contributed by atoms with E-state index in [9.17, 15) is 0 Å². The molecule has 0 radical (unpaired) electrons. The first-order chi connectivity index (χ1) is 19.3. The van der Waals surface area contributed by atoms with E-state index >= 15 is 0 Å². The summed E-state index contributed by atoms with van der Waals surface area (Å²) in [4.78, 5) is 12.4. The van der Waals surface area contributed by atoms with Crippen molar-refractivity contribution in [1.82, 2.24) is 19.7 Å². The van der Waals surface area contributed by atoms with Crippen molar-refractivity contribution in [3.63, 3.8) is 0 Å². The van der Waals surface area contributed by atoms with Crippen LogP contribution in [-0.2, 0) is 23.2 Å². The molecule has 0 amide bonds. The maximum atomic E-state index is 6.26. The first-order valence-electron chi connectivity index (χ1n) is 14.4. The zero-order valence-electron chi connectivity index (χ0n) is 24.7. The van der Waals surface area contributed by atoms with Gasteiger partial charge in [-0.3, -0.25) is 9.88 Å². The molecule has 7 heteroatoms. The minimum Gasteiger partial charge on any atom is -0.497 e. The van der Waals surface area contributed by atoms with E-state index in [1.807, 2.05) is 25.4 Å². The first-order valence-corrected chi connectivity index (χ1v) is 14.4. The highest BCUT2D eigenvalue weighted by atomic mass is 16.5. The molecule has 3 aromatic rings. The molecule has 212 valence electrons. The van der Waals surface area contributed by atoms with Gasteiger partial charge in [0.15, 0.2) is 6.35 Å². The second-order valence-corrected chi connectivity index (χ2v) is 11.9. The number of para-hydroxylation sites is 1. The molecule has 1 unspecified atom stereocenters. The highest BCUT2D eigenvalue weighted by Gasteiger charge is 2.56. The summed E-state index contributed by atoms with van der Waals surface area (Å²) >= 11 is 0. The van der Waals surface area contributed by atoms with Crippen molar-refractivity contribution in [2.45, 2.75) is 64.0 Å². The highest BCUT2D eigenvalue weighted by Crippen LogP contribution is 2.52. The number of likely N-dealkylation sites (N-methyl/N-ethyl adjacent to an activating group) is 1. The van der Waals surface area contributed by atoms with Gasteiger partial charge < -0.3 is 19.1 Å². The third-order valence-corrected chi connectivity index (χ3v) is 9.31. The minimum absolute atomic E-state index is 0.0838. The lowest BCUT2D eigenvalue weighted by Crippen LogP contribution is -2.55. The van der Waals surface area contributed by atoms with Gasteiger partial charge in [0.1, 0.15) is 11.5 Å². The maximum Gasteiger partial charge on any atom is 0.189 e. The summed E-state index contributed by atoms with van der Waals surface area (Å²) in [6, 6.07) is 14.9. The average molecular weight is 543 g/mol. The van der Waals surface area contributed by atoms with E-state index in [1.165, 1.54) is 27.8 Å². The second-order valence-electron chi connectivity index (χ2n) is 11.9. The summed E-state index contributed by atoms with van der Waals surface area (Å²) in [5, 5.41) is 1.21. The fourth-order valence-electron chi connectivity index (χ4n) is 7.54. The van der Waals surface area contributed by atoms with Gasteiger partial charge in [-0.05, 0) is 36.1 Å². The van der Waals surface area contributed by atoms with Gasteiger partial charge in [0.2, 0.25) is 0 Å². The van der Waals surface area contributed by atoms with Crippen molar-refractivity contribution < 1.29 is 14.2 Å². The third kappa shape index (κ3) is 4.26. The molecule has 0 N–H and O–H groups in total. The molecular weight excluding hydrogens is 500 g/mol. The Labute approximate surface area is 238 Å². The molecule has 0 saturated carbocycles. The van der Waals surface area contributed by atoms with Crippen LogP contribution in [0.4, 0.5) is 0 Å². The monoisotopic (exact) mass is 542 g/mol. The Balaban J connectivity index is 1.35. The van der Waals surface area contributed by atoms with Crippen molar-refractivity contribution in [2.24, 2.45) is 0 Å². The number of likely N-dealkylation sites (tertiary alicyclic amines) is 1. The van der Waals surface area contributed by atoms with Crippen LogP contribution in [0, 0.1) is 0 Å². The summed E-state index contributed by atoms with van der Waals surface area (Å²) in [6.45, 7) is 11.5. The molecule has 2 saturated heterocycles. The van der Waals surface area contributed by atoms with Crippen LogP contribution in [0.2, 0.25) is 0 Å². The van der Waals surface area contributed by atoms with Crippen molar-refractivity contribution >= 4 is 10.9 Å². The largest absolute Gasteiger partial charge is 0.497 e. The number of aromatic nitrogens is 1. The number of allylic oxidation sites excluding steroid dienone is 1. The molecule has 2 aromatic carbocycles. The Bertz CT molecular complexity index is 1420. The number of benzene rings is 2. The molecule has 0 bridgehead atoms. The van der Waals surface area contributed by atoms with Crippen LogP contribution in [0.15, 0.2) is 60.4 Å². The molecule has 40 heavy (non-hydrogen) atoms.